The lowest BCUT2D eigenvalue weighted by atomic mass is 10.1. The van der Waals surface area contributed by atoms with E-state index in [9.17, 15) is 19.2 Å². The maximum absolute atomic E-state index is 13.3. The molecule has 3 amide bonds. The number of carbonyl (C=O) groups excluding carboxylic acids is 4. The van der Waals surface area contributed by atoms with Crippen LogP contribution in [-0.4, -0.2) is 54.8 Å². The third-order valence-electron chi connectivity index (χ3n) is 5.01. The molecular formula is C21H18ClN3O5S2. The summed E-state index contributed by atoms with van der Waals surface area (Å²) in [6.45, 7) is 0.529. The second-order valence-corrected chi connectivity index (χ2v) is 9.30. The molecule has 1 aliphatic heterocycles. The van der Waals surface area contributed by atoms with Crippen LogP contribution in [0.25, 0.3) is 10.1 Å². The summed E-state index contributed by atoms with van der Waals surface area (Å²) < 4.78 is 5.57. The number of anilines is 1. The van der Waals surface area contributed by atoms with Crippen LogP contribution >= 0.6 is 34.3 Å². The van der Waals surface area contributed by atoms with Gasteiger partial charge in [0, 0.05) is 23.2 Å². The summed E-state index contributed by atoms with van der Waals surface area (Å²) in [6, 6.07) is 7.98. The quantitative estimate of drug-likeness (QED) is 0.532. The molecule has 0 saturated carbocycles. The zero-order valence-corrected chi connectivity index (χ0v) is 19.2. The van der Waals surface area contributed by atoms with Gasteiger partial charge in [-0.05, 0) is 17.5 Å². The first kappa shape index (κ1) is 22.3. The molecule has 0 bridgehead atoms. The number of hydrogen-bond acceptors (Lipinski definition) is 7. The largest absolute Gasteiger partial charge is 0.465 e. The van der Waals surface area contributed by atoms with E-state index in [0.717, 1.165) is 21.4 Å². The highest BCUT2D eigenvalue weighted by Crippen LogP contribution is 2.36. The summed E-state index contributed by atoms with van der Waals surface area (Å²) in [5.74, 6) is -1.89. The Balaban J connectivity index is 1.55. The lowest BCUT2D eigenvalue weighted by Crippen LogP contribution is -2.58. The van der Waals surface area contributed by atoms with Crippen molar-refractivity contribution in [2.45, 2.75) is 12.5 Å². The van der Waals surface area contributed by atoms with Crippen molar-refractivity contribution in [2.75, 3.05) is 25.5 Å². The Bertz CT molecular complexity index is 1220. The number of halogens is 1. The Morgan fingerprint density at radius 3 is 2.78 bits per heavy atom. The highest BCUT2D eigenvalue weighted by atomic mass is 35.5. The second-order valence-electron chi connectivity index (χ2n) is 6.95. The minimum absolute atomic E-state index is 0.249. The molecule has 0 aliphatic carbocycles. The predicted octanol–water partition coefficient (Wildman–Crippen LogP) is 3.37. The molecule has 8 nitrogen and oxygen atoms in total. The van der Waals surface area contributed by atoms with Crippen molar-refractivity contribution >= 4 is 73.7 Å². The van der Waals surface area contributed by atoms with Gasteiger partial charge in [-0.3, -0.25) is 14.4 Å². The van der Waals surface area contributed by atoms with Crippen LogP contribution in [0.2, 0.25) is 5.02 Å². The van der Waals surface area contributed by atoms with Crippen LogP contribution in [0.4, 0.5) is 5.69 Å². The number of rotatable bonds is 5. The second kappa shape index (κ2) is 9.27. The summed E-state index contributed by atoms with van der Waals surface area (Å²) in [5, 5.41) is 8.09. The number of methoxy groups -OCH3 is 1. The highest BCUT2D eigenvalue weighted by Gasteiger charge is 2.36. The Labute approximate surface area is 196 Å². The normalized spacial score (nSPS) is 16.0. The maximum Gasteiger partial charge on any atom is 0.350 e. The Morgan fingerprint density at radius 1 is 1.25 bits per heavy atom. The standard InChI is InChI=1S/C21H18ClN3O5S2/c1-30-21(29)17-12(6-9-31-17)24-15(26)10-13-19(27)23-7-8-25(13)20(28)18-16(22)11-4-2-3-5-14(11)32-18/h2-6,9,13H,7-8,10H2,1H3,(H,23,27)(H,24,26)/t13-/m0/s1. The average molecular weight is 492 g/mol. The van der Waals surface area contributed by atoms with Crippen molar-refractivity contribution in [3.05, 3.63) is 50.5 Å². The van der Waals surface area contributed by atoms with Gasteiger partial charge in [-0.15, -0.1) is 22.7 Å². The topological polar surface area (TPSA) is 105 Å². The first-order valence-corrected chi connectivity index (χ1v) is 11.7. The molecule has 1 fully saturated rings. The van der Waals surface area contributed by atoms with Gasteiger partial charge in [-0.25, -0.2) is 4.79 Å². The van der Waals surface area contributed by atoms with Gasteiger partial charge in [-0.1, -0.05) is 29.8 Å². The van der Waals surface area contributed by atoms with Gasteiger partial charge < -0.3 is 20.3 Å². The van der Waals surface area contributed by atoms with E-state index >= 15 is 0 Å². The van der Waals surface area contributed by atoms with Gasteiger partial charge in [-0.2, -0.15) is 0 Å². The zero-order valence-electron chi connectivity index (χ0n) is 16.8. The molecule has 11 heteroatoms. The molecule has 3 heterocycles. The molecule has 2 N–H and O–H groups in total. The molecule has 0 radical (unpaired) electrons. The van der Waals surface area contributed by atoms with Gasteiger partial charge in [0.2, 0.25) is 11.8 Å². The third kappa shape index (κ3) is 4.21. The van der Waals surface area contributed by atoms with Crippen LogP contribution in [0.5, 0.6) is 0 Å². The van der Waals surface area contributed by atoms with Crippen molar-refractivity contribution in [1.82, 2.24) is 10.2 Å². The van der Waals surface area contributed by atoms with E-state index in [1.807, 2.05) is 24.3 Å². The number of nitrogens with one attached hydrogen (secondary N) is 2. The number of hydrogen-bond donors (Lipinski definition) is 2. The van der Waals surface area contributed by atoms with Crippen molar-refractivity contribution in [3.63, 3.8) is 0 Å². The molecular weight excluding hydrogens is 474 g/mol. The molecule has 1 aliphatic rings. The van der Waals surface area contributed by atoms with Gasteiger partial charge >= 0.3 is 5.97 Å². The number of carbonyl (C=O) groups is 4. The summed E-state index contributed by atoms with van der Waals surface area (Å²) >= 11 is 8.84. The minimum atomic E-state index is -1.00. The minimum Gasteiger partial charge on any atom is -0.465 e. The first-order valence-electron chi connectivity index (χ1n) is 9.62. The third-order valence-corrected chi connectivity index (χ3v) is 7.57. The number of thiophene rings is 2. The fourth-order valence-corrected chi connectivity index (χ4v) is 5.71. The van der Waals surface area contributed by atoms with Crippen molar-refractivity contribution in [1.29, 1.82) is 0 Å². The molecule has 166 valence electrons. The molecule has 32 heavy (non-hydrogen) atoms. The fraction of sp³-hybridized carbons (Fsp3) is 0.238. The van der Waals surface area contributed by atoms with Gasteiger partial charge in [0.25, 0.3) is 5.91 Å². The zero-order chi connectivity index (χ0) is 22.8. The molecule has 1 saturated heterocycles. The van der Waals surface area contributed by atoms with Crippen LogP contribution in [0, 0.1) is 0 Å². The molecule has 0 unspecified atom stereocenters. The van der Waals surface area contributed by atoms with Gasteiger partial charge in [0.15, 0.2) is 0 Å². The maximum atomic E-state index is 13.3. The fourth-order valence-electron chi connectivity index (χ4n) is 3.48. The van der Waals surface area contributed by atoms with Crippen molar-refractivity contribution in [2.24, 2.45) is 0 Å². The lowest BCUT2D eigenvalue weighted by molar-refractivity contribution is -0.131. The van der Waals surface area contributed by atoms with Gasteiger partial charge in [0.05, 0.1) is 24.2 Å². The molecule has 2 aromatic heterocycles. The number of nitrogens with zero attached hydrogens (tertiary/aromatic N) is 1. The van der Waals surface area contributed by atoms with Crippen LogP contribution < -0.4 is 10.6 Å². The van der Waals surface area contributed by atoms with Crippen molar-refractivity contribution in [3.8, 4) is 0 Å². The van der Waals surface area contributed by atoms with Crippen LogP contribution in [0.1, 0.15) is 25.8 Å². The summed E-state index contributed by atoms with van der Waals surface area (Å²) in [4.78, 5) is 52.4. The molecule has 4 rings (SSSR count). The van der Waals surface area contributed by atoms with E-state index in [2.05, 4.69) is 10.6 Å². The van der Waals surface area contributed by atoms with Gasteiger partial charge in [0.1, 0.15) is 15.8 Å². The van der Waals surface area contributed by atoms with E-state index in [1.165, 1.54) is 23.3 Å². The Hall–Kier alpha value is -2.95. The molecule has 1 aromatic carbocycles. The average Bonchev–Trinajstić information content (AvgIpc) is 3.38. The first-order chi connectivity index (χ1) is 15.4. The molecule has 3 aromatic rings. The van der Waals surface area contributed by atoms with E-state index in [4.69, 9.17) is 16.3 Å². The highest BCUT2D eigenvalue weighted by molar-refractivity contribution is 7.21. The number of fused-ring (bicyclic) bond motifs is 1. The van der Waals surface area contributed by atoms with E-state index in [1.54, 1.807) is 11.4 Å². The summed E-state index contributed by atoms with van der Waals surface area (Å²) in [7, 11) is 1.25. The Kier molecular flexibility index (Phi) is 6.45. The monoisotopic (exact) mass is 491 g/mol. The molecule has 0 spiro atoms. The number of esters is 1. The Morgan fingerprint density at radius 2 is 2.03 bits per heavy atom. The predicted molar refractivity (Wildman–Crippen MR) is 124 cm³/mol. The number of ether oxygens (including phenoxy) is 1. The van der Waals surface area contributed by atoms with Crippen LogP contribution in [0.3, 0.4) is 0 Å². The van der Waals surface area contributed by atoms with Crippen molar-refractivity contribution < 1.29 is 23.9 Å². The van der Waals surface area contributed by atoms with E-state index < -0.39 is 29.7 Å². The number of amides is 3. The summed E-state index contributed by atoms with van der Waals surface area (Å²) in [5.41, 5.74) is 0.300. The summed E-state index contributed by atoms with van der Waals surface area (Å²) in [6.07, 6.45) is -0.267. The number of benzene rings is 1. The van der Waals surface area contributed by atoms with Crippen LogP contribution in [0.15, 0.2) is 35.7 Å². The molecule has 1 atom stereocenters. The van der Waals surface area contributed by atoms with Crippen LogP contribution in [-0.2, 0) is 14.3 Å². The van der Waals surface area contributed by atoms with E-state index in [-0.39, 0.29) is 24.4 Å². The van der Waals surface area contributed by atoms with E-state index in [0.29, 0.717) is 15.6 Å². The number of piperazine rings is 1. The smallest absolute Gasteiger partial charge is 0.350 e. The SMILES string of the molecule is COC(=O)c1sccc1NC(=O)C[C@H]1C(=O)NCCN1C(=O)c1sc2ccccc2c1Cl. The lowest BCUT2D eigenvalue weighted by Gasteiger charge is -2.34.